The number of hydrogen-bond acceptors (Lipinski definition) is 1. The Morgan fingerprint density at radius 2 is 1.88 bits per heavy atom. The van der Waals surface area contributed by atoms with Gasteiger partial charge in [0.25, 0.3) is 0 Å². The number of benzene rings is 1. The predicted molar refractivity (Wildman–Crippen MR) is 68.1 cm³/mol. The molecule has 0 radical (unpaired) electrons. The first kappa shape index (κ1) is 11.9. The summed E-state index contributed by atoms with van der Waals surface area (Å²) in [5, 5.41) is 0. The fourth-order valence-corrected chi connectivity index (χ4v) is 2.70. The Bertz CT molecular complexity index is 293. The molecule has 1 aromatic rings. The van der Waals surface area contributed by atoms with Gasteiger partial charge in [-0.15, -0.1) is 11.6 Å². The van der Waals surface area contributed by atoms with Crippen molar-refractivity contribution in [3.8, 4) is 0 Å². The van der Waals surface area contributed by atoms with Gasteiger partial charge in [-0.1, -0.05) is 30.3 Å². The van der Waals surface area contributed by atoms with Crippen LogP contribution in [0.4, 0.5) is 0 Å². The normalized spacial score (nSPS) is 19.6. The lowest BCUT2D eigenvalue weighted by atomic mass is 9.86. The minimum atomic E-state index is 0.506. The number of halogens is 1. The molecule has 16 heavy (non-hydrogen) atoms. The van der Waals surface area contributed by atoms with Crippen LogP contribution in [0.25, 0.3) is 0 Å². The summed E-state index contributed by atoms with van der Waals surface area (Å²) in [5.74, 6) is 2.02. The van der Waals surface area contributed by atoms with Gasteiger partial charge in [0, 0.05) is 19.1 Å². The number of rotatable bonds is 4. The maximum atomic E-state index is 6.09. The van der Waals surface area contributed by atoms with Crippen molar-refractivity contribution in [3.05, 3.63) is 35.9 Å². The van der Waals surface area contributed by atoms with E-state index in [1.165, 1.54) is 24.8 Å². The fraction of sp³-hybridized carbons (Fsp3) is 0.571. The van der Waals surface area contributed by atoms with E-state index in [1.54, 1.807) is 0 Å². The molecular weight excluding hydrogens is 220 g/mol. The van der Waals surface area contributed by atoms with E-state index in [9.17, 15) is 0 Å². The van der Waals surface area contributed by atoms with Crippen molar-refractivity contribution >= 4 is 11.6 Å². The van der Waals surface area contributed by atoms with Crippen LogP contribution in [-0.2, 0) is 4.74 Å². The lowest BCUT2D eigenvalue weighted by molar-refractivity contribution is 0.0622. The first-order valence-electron chi connectivity index (χ1n) is 6.09. The average Bonchev–Trinajstić information content (AvgIpc) is 2.38. The molecule has 2 rings (SSSR count). The molecule has 0 N–H and O–H groups in total. The molecule has 2 heteroatoms. The number of ether oxygens (including phenoxy) is 1. The molecule has 0 bridgehead atoms. The Morgan fingerprint density at radius 3 is 2.50 bits per heavy atom. The monoisotopic (exact) mass is 238 g/mol. The molecule has 0 aliphatic carbocycles. The van der Waals surface area contributed by atoms with Crippen LogP contribution in [0.15, 0.2) is 30.3 Å². The molecule has 1 aromatic carbocycles. The van der Waals surface area contributed by atoms with Gasteiger partial charge in [0.2, 0.25) is 0 Å². The van der Waals surface area contributed by atoms with Gasteiger partial charge in [0.15, 0.2) is 0 Å². The van der Waals surface area contributed by atoms with Crippen molar-refractivity contribution in [3.63, 3.8) is 0 Å². The van der Waals surface area contributed by atoms with E-state index in [0.717, 1.165) is 25.0 Å². The molecule has 1 aliphatic rings. The summed E-state index contributed by atoms with van der Waals surface area (Å²) >= 11 is 6.09. The molecule has 1 fully saturated rings. The predicted octanol–water partition coefficient (Wildman–Crippen LogP) is 3.83. The minimum absolute atomic E-state index is 0.506. The Labute approximate surface area is 103 Å². The average molecular weight is 239 g/mol. The lowest BCUT2D eigenvalue weighted by Crippen LogP contribution is -2.18. The van der Waals surface area contributed by atoms with Crippen molar-refractivity contribution in [1.82, 2.24) is 0 Å². The van der Waals surface area contributed by atoms with Gasteiger partial charge in [0.05, 0.1) is 0 Å². The first-order chi connectivity index (χ1) is 7.90. The third-order valence-corrected chi connectivity index (χ3v) is 3.79. The first-order valence-corrected chi connectivity index (χ1v) is 6.62. The molecule has 1 atom stereocenters. The molecule has 0 aromatic heterocycles. The van der Waals surface area contributed by atoms with Crippen LogP contribution in [0.1, 0.15) is 30.7 Å². The van der Waals surface area contributed by atoms with Crippen LogP contribution in [0.5, 0.6) is 0 Å². The van der Waals surface area contributed by atoms with E-state index >= 15 is 0 Å². The Hall–Kier alpha value is -0.530. The summed E-state index contributed by atoms with van der Waals surface area (Å²) in [6.45, 7) is 1.85. The molecule has 1 saturated heterocycles. The van der Waals surface area contributed by atoms with Gasteiger partial charge in [-0.05, 0) is 36.7 Å². The second-order valence-corrected chi connectivity index (χ2v) is 4.86. The van der Waals surface area contributed by atoms with E-state index in [-0.39, 0.29) is 0 Å². The fourth-order valence-electron chi connectivity index (χ4n) is 2.40. The van der Waals surface area contributed by atoms with Crippen molar-refractivity contribution < 1.29 is 4.74 Å². The van der Waals surface area contributed by atoms with E-state index in [2.05, 4.69) is 30.3 Å². The molecule has 88 valence electrons. The van der Waals surface area contributed by atoms with Crippen molar-refractivity contribution in [2.24, 2.45) is 5.92 Å². The second kappa shape index (κ2) is 6.27. The largest absolute Gasteiger partial charge is 0.381 e. The highest BCUT2D eigenvalue weighted by molar-refractivity contribution is 6.18. The van der Waals surface area contributed by atoms with Gasteiger partial charge < -0.3 is 4.74 Å². The molecule has 1 heterocycles. The molecule has 1 unspecified atom stereocenters. The lowest BCUT2D eigenvalue weighted by Gasteiger charge is -2.25. The molecule has 0 amide bonds. The number of hydrogen-bond donors (Lipinski definition) is 0. The molecular formula is C14H19ClO. The zero-order valence-corrected chi connectivity index (χ0v) is 10.3. The SMILES string of the molecule is ClCC(CC1CCOCC1)c1ccccc1. The molecule has 0 spiro atoms. The van der Waals surface area contributed by atoms with Crippen molar-refractivity contribution in [2.75, 3.05) is 19.1 Å². The minimum Gasteiger partial charge on any atom is -0.381 e. The summed E-state index contributed by atoms with van der Waals surface area (Å²) in [5.41, 5.74) is 1.38. The molecule has 0 saturated carbocycles. The topological polar surface area (TPSA) is 9.23 Å². The van der Waals surface area contributed by atoms with Gasteiger partial charge >= 0.3 is 0 Å². The van der Waals surface area contributed by atoms with Crippen LogP contribution < -0.4 is 0 Å². The van der Waals surface area contributed by atoms with E-state index in [4.69, 9.17) is 16.3 Å². The summed E-state index contributed by atoms with van der Waals surface area (Å²) in [6.07, 6.45) is 3.59. The molecule has 1 nitrogen and oxygen atoms in total. The van der Waals surface area contributed by atoms with Gasteiger partial charge in [-0.3, -0.25) is 0 Å². The van der Waals surface area contributed by atoms with Gasteiger partial charge in [-0.25, -0.2) is 0 Å². The van der Waals surface area contributed by atoms with Crippen LogP contribution >= 0.6 is 11.6 Å². The van der Waals surface area contributed by atoms with Crippen LogP contribution in [0.2, 0.25) is 0 Å². The third kappa shape index (κ3) is 3.23. The van der Waals surface area contributed by atoms with Crippen LogP contribution in [0, 0.1) is 5.92 Å². The summed E-state index contributed by atoms with van der Waals surface area (Å²) < 4.78 is 5.39. The van der Waals surface area contributed by atoms with E-state index < -0.39 is 0 Å². The summed E-state index contributed by atoms with van der Waals surface area (Å²) in [4.78, 5) is 0. The maximum Gasteiger partial charge on any atom is 0.0468 e. The smallest absolute Gasteiger partial charge is 0.0468 e. The van der Waals surface area contributed by atoms with Gasteiger partial charge in [-0.2, -0.15) is 0 Å². The summed E-state index contributed by atoms with van der Waals surface area (Å²) in [6, 6.07) is 10.6. The molecule has 1 aliphatic heterocycles. The van der Waals surface area contributed by atoms with Gasteiger partial charge in [0.1, 0.15) is 0 Å². The Balaban J connectivity index is 1.94. The third-order valence-electron chi connectivity index (χ3n) is 3.42. The highest BCUT2D eigenvalue weighted by Crippen LogP contribution is 2.29. The maximum absolute atomic E-state index is 6.09. The standard InChI is InChI=1S/C14H19ClO/c15-11-14(13-4-2-1-3-5-13)10-12-6-8-16-9-7-12/h1-5,12,14H,6-11H2. The summed E-state index contributed by atoms with van der Waals surface area (Å²) in [7, 11) is 0. The highest BCUT2D eigenvalue weighted by atomic mass is 35.5. The van der Waals surface area contributed by atoms with Crippen LogP contribution in [0.3, 0.4) is 0 Å². The Morgan fingerprint density at radius 1 is 1.19 bits per heavy atom. The number of alkyl halides is 1. The van der Waals surface area contributed by atoms with E-state index in [0.29, 0.717) is 5.92 Å². The highest BCUT2D eigenvalue weighted by Gasteiger charge is 2.19. The second-order valence-electron chi connectivity index (χ2n) is 4.55. The van der Waals surface area contributed by atoms with Crippen molar-refractivity contribution in [1.29, 1.82) is 0 Å². The van der Waals surface area contributed by atoms with Crippen LogP contribution in [-0.4, -0.2) is 19.1 Å². The van der Waals surface area contributed by atoms with Crippen molar-refractivity contribution in [2.45, 2.75) is 25.2 Å². The zero-order chi connectivity index (χ0) is 11.2. The zero-order valence-electron chi connectivity index (χ0n) is 9.57. The quantitative estimate of drug-likeness (QED) is 0.725. The Kier molecular flexibility index (Phi) is 4.68. The van der Waals surface area contributed by atoms with E-state index in [1.807, 2.05) is 0 Å².